The molecule has 0 N–H and O–H groups in total. The molecule has 3 aromatic rings. The van der Waals surface area contributed by atoms with E-state index in [4.69, 9.17) is 14.0 Å². The lowest BCUT2D eigenvalue weighted by molar-refractivity contribution is -0.118. The highest BCUT2D eigenvalue weighted by Gasteiger charge is 2.25. The Morgan fingerprint density at radius 3 is 2.68 bits per heavy atom. The fourth-order valence-electron chi connectivity index (χ4n) is 3.65. The Kier molecular flexibility index (Phi) is 5.97. The van der Waals surface area contributed by atoms with E-state index < -0.39 is 0 Å². The van der Waals surface area contributed by atoms with E-state index in [-0.39, 0.29) is 11.9 Å². The molecule has 0 saturated heterocycles. The van der Waals surface area contributed by atoms with Gasteiger partial charge >= 0.3 is 5.97 Å². The van der Waals surface area contributed by atoms with Gasteiger partial charge in [-0.15, -0.1) is 0 Å². The quantitative estimate of drug-likeness (QED) is 0.539. The number of ether oxygens (including phenoxy) is 2. The van der Waals surface area contributed by atoms with E-state index in [9.17, 15) is 9.59 Å². The smallest absolute Gasteiger partial charge is 0.337 e. The molecule has 0 bridgehead atoms. The van der Waals surface area contributed by atoms with E-state index >= 15 is 0 Å². The molecular formula is C23H23N3O5. The van der Waals surface area contributed by atoms with Gasteiger partial charge in [0.2, 0.25) is 17.6 Å². The van der Waals surface area contributed by atoms with Crippen LogP contribution in [0.1, 0.15) is 34.7 Å². The van der Waals surface area contributed by atoms with Crippen LogP contribution in [0.2, 0.25) is 0 Å². The van der Waals surface area contributed by atoms with Crippen molar-refractivity contribution in [1.29, 1.82) is 0 Å². The molecule has 0 fully saturated rings. The normalized spacial score (nSPS) is 12.5. The Morgan fingerprint density at radius 1 is 1.13 bits per heavy atom. The van der Waals surface area contributed by atoms with Gasteiger partial charge in [-0.25, -0.2) is 4.79 Å². The van der Waals surface area contributed by atoms with Crippen LogP contribution in [0.5, 0.6) is 5.75 Å². The van der Waals surface area contributed by atoms with E-state index in [0.717, 1.165) is 29.0 Å². The van der Waals surface area contributed by atoms with Crippen molar-refractivity contribution in [3.05, 3.63) is 59.5 Å². The van der Waals surface area contributed by atoms with Gasteiger partial charge in [-0.05, 0) is 60.9 Å². The average molecular weight is 421 g/mol. The highest BCUT2D eigenvalue weighted by atomic mass is 16.5. The minimum atomic E-state index is -0.374. The summed E-state index contributed by atoms with van der Waals surface area (Å²) in [6, 6.07) is 12.7. The zero-order valence-electron chi connectivity index (χ0n) is 17.5. The molecule has 8 heteroatoms. The number of rotatable bonds is 7. The number of amides is 1. The van der Waals surface area contributed by atoms with E-state index in [2.05, 4.69) is 10.1 Å². The Bertz CT molecular complexity index is 1090. The number of nitrogens with zero attached hydrogens (tertiary/aromatic N) is 3. The van der Waals surface area contributed by atoms with Crippen LogP contribution in [0, 0.1) is 0 Å². The van der Waals surface area contributed by atoms with Crippen LogP contribution in [0.15, 0.2) is 47.0 Å². The molecule has 1 aliphatic heterocycles. The fourth-order valence-corrected chi connectivity index (χ4v) is 3.65. The lowest BCUT2D eigenvalue weighted by Gasteiger charge is -2.17. The van der Waals surface area contributed by atoms with Crippen molar-refractivity contribution in [3.8, 4) is 17.1 Å². The van der Waals surface area contributed by atoms with Crippen LogP contribution in [0.4, 0.5) is 5.69 Å². The third-order valence-corrected chi connectivity index (χ3v) is 5.29. The maximum absolute atomic E-state index is 12.7. The standard InChI is InChI=1S/C23H23N3O5/c1-29-18-9-6-15(7-10-18)22-24-20(31-25-22)4-3-5-21(27)26-13-12-16-14-17(23(28)30-2)8-11-19(16)26/h6-11,14H,3-5,12-13H2,1-2H3. The van der Waals surface area contributed by atoms with Gasteiger partial charge in [-0.2, -0.15) is 4.98 Å². The summed E-state index contributed by atoms with van der Waals surface area (Å²) in [4.78, 5) is 30.6. The number of fused-ring (bicyclic) bond motifs is 1. The Labute approximate surface area is 179 Å². The molecule has 160 valence electrons. The average Bonchev–Trinajstić information content (AvgIpc) is 3.45. The van der Waals surface area contributed by atoms with Crippen molar-refractivity contribution in [3.63, 3.8) is 0 Å². The van der Waals surface area contributed by atoms with Gasteiger partial charge in [0.1, 0.15) is 5.75 Å². The number of benzene rings is 2. The van der Waals surface area contributed by atoms with Gasteiger partial charge in [0.05, 0.1) is 19.8 Å². The zero-order chi connectivity index (χ0) is 21.8. The number of esters is 1. The van der Waals surface area contributed by atoms with Gasteiger partial charge in [-0.3, -0.25) is 4.79 Å². The number of anilines is 1. The number of hydrogen-bond acceptors (Lipinski definition) is 7. The molecule has 4 rings (SSSR count). The number of methoxy groups -OCH3 is 2. The van der Waals surface area contributed by atoms with Crippen LogP contribution in [-0.4, -0.2) is 42.8 Å². The van der Waals surface area contributed by atoms with Crippen molar-refractivity contribution in [2.24, 2.45) is 0 Å². The number of aromatic nitrogens is 2. The van der Waals surface area contributed by atoms with Crippen molar-refractivity contribution in [2.45, 2.75) is 25.7 Å². The van der Waals surface area contributed by atoms with E-state index in [1.165, 1.54) is 7.11 Å². The maximum Gasteiger partial charge on any atom is 0.337 e. The second-order valence-electron chi connectivity index (χ2n) is 7.22. The molecule has 0 aliphatic carbocycles. The molecule has 31 heavy (non-hydrogen) atoms. The summed E-state index contributed by atoms with van der Waals surface area (Å²) in [5.41, 5.74) is 3.18. The molecule has 8 nitrogen and oxygen atoms in total. The second kappa shape index (κ2) is 8.99. The number of carbonyl (C=O) groups excluding carboxylic acids is 2. The minimum absolute atomic E-state index is 0.0412. The molecule has 0 radical (unpaired) electrons. The Morgan fingerprint density at radius 2 is 1.94 bits per heavy atom. The third kappa shape index (κ3) is 4.42. The van der Waals surface area contributed by atoms with E-state index in [0.29, 0.717) is 43.1 Å². The van der Waals surface area contributed by atoms with Crippen LogP contribution < -0.4 is 9.64 Å². The Hall–Kier alpha value is -3.68. The molecule has 0 unspecified atom stereocenters. The first kappa shape index (κ1) is 20.6. The first-order valence-corrected chi connectivity index (χ1v) is 10.1. The van der Waals surface area contributed by atoms with Crippen molar-refractivity contribution >= 4 is 17.6 Å². The van der Waals surface area contributed by atoms with Crippen molar-refractivity contribution < 1.29 is 23.6 Å². The first-order valence-electron chi connectivity index (χ1n) is 10.1. The molecule has 1 aliphatic rings. The molecular weight excluding hydrogens is 398 g/mol. The maximum atomic E-state index is 12.7. The van der Waals surface area contributed by atoms with Gasteiger partial charge in [0.25, 0.3) is 0 Å². The highest BCUT2D eigenvalue weighted by Crippen LogP contribution is 2.30. The summed E-state index contributed by atoms with van der Waals surface area (Å²) in [6.07, 6.45) is 2.23. The number of carbonyl (C=O) groups is 2. The van der Waals surface area contributed by atoms with Gasteiger partial charge in [0.15, 0.2) is 0 Å². The highest BCUT2D eigenvalue weighted by molar-refractivity contribution is 5.97. The fraction of sp³-hybridized carbons (Fsp3) is 0.304. The molecule has 2 heterocycles. The summed E-state index contributed by atoms with van der Waals surface area (Å²) in [5.74, 6) is 1.44. The lowest BCUT2D eigenvalue weighted by atomic mass is 10.1. The van der Waals surface area contributed by atoms with Crippen LogP contribution in [0.3, 0.4) is 0 Å². The number of hydrogen-bond donors (Lipinski definition) is 0. The van der Waals surface area contributed by atoms with Gasteiger partial charge < -0.3 is 18.9 Å². The third-order valence-electron chi connectivity index (χ3n) is 5.29. The molecule has 0 spiro atoms. The largest absolute Gasteiger partial charge is 0.497 e. The van der Waals surface area contributed by atoms with Crippen LogP contribution in [-0.2, 0) is 22.4 Å². The monoisotopic (exact) mass is 421 g/mol. The summed E-state index contributed by atoms with van der Waals surface area (Å²) in [7, 11) is 2.97. The van der Waals surface area contributed by atoms with E-state index in [1.54, 1.807) is 24.1 Å². The summed E-state index contributed by atoms with van der Waals surface area (Å²) in [5, 5.41) is 4.02. The Balaban J connectivity index is 1.32. The molecule has 1 amide bonds. The predicted octanol–water partition coefficient (Wildman–Crippen LogP) is 3.44. The van der Waals surface area contributed by atoms with Crippen molar-refractivity contribution in [2.75, 3.05) is 25.7 Å². The number of aryl methyl sites for hydroxylation is 1. The van der Waals surface area contributed by atoms with Gasteiger partial charge in [-0.1, -0.05) is 5.16 Å². The van der Waals surface area contributed by atoms with Crippen LogP contribution >= 0.6 is 0 Å². The van der Waals surface area contributed by atoms with Crippen LogP contribution in [0.25, 0.3) is 11.4 Å². The topological polar surface area (TPSA) is 94.8 Å². The predicted molar refractivity (Wildman–Crippen MR) is 113 cm³/mol. The SMILES string of the molecule is COC(=O)c1ccc2c(c1)CCN2C(=O)CCCc1nc(-c2ccc(OC)cc2)no1. The minimum Gasteiger partial charge on any atom is -0.497 e. The molecule has 0 atom stereocenters. The second-order valence-corrected chi connectivity index (χ2v) is 7.22. The van der Waals surface area contributed by atoms with Crippen molar-refractivity contribution in [1.82, 2.24) is 10.1 Å². The van der Waals surface area contributed by atoms with E-state index in [1.807, 2.05) is 30.3 Å². The molecule has 1 aromatic heterocycles. The zero-order valence-corrected chi connectivity index (χ0v) is 17.5. The summed E-state index contributed by atoms with van der Waals surface area (Å²) in [6.45, 7) is 0.612. The molecule has 2 aromatic carbocycles. The molecule has 0 saturated carbocycles. The summed E-state index contributed by atoms with van der Waals surface area (Å²) >= 11 is 0. The van der Waals surface area contributed by atoms with Gasteiger partial charge in [0, 0.05) is 30.6 Å². The lowest BCUT2D eigenvalue weighted by Crippen LogP contribution is -2.28. The first-order chi connectivity index (χ1) is 15.1. The summed E-state index contributed by atoms with van der Waals surface area (Å²) < 4.78 is 15.2.